The van der Waals surface area contributed by atoms with Crippen LogP contribution in [0, 0.1) is 35.0 Å². The van der Waals surface area contributed by atoms with Crippen molar-refractivity contribution in [3.63, 3.8) is 0 Å². The van der Waals surface area contributed by atoms with Crippen LogP contribution in [0.2, 0.25) is 0 Å². The van der Waals surface area contributed by atoms with Gasteiger partial charge in [0.2, 0.25) is 0 Å². The van der Waals surface area contributed by atoms with Crippen LogP contribution in [0.1, 0.15) is 0 Å². The lowest BCUT2D eigenvalue weighted by molar-refractivity contribution is 0.466. The fourth-order valence-corrected chi connectivity index (χ4v) is 1.28. The standard InChI is InChI=1S/C11H4F6N2/c12-4-1-6(14)9(3-5(4)13)18-11-8(16)2-7(15)10(17)19-11/h1-3H,(H,18,19). The summed E-state index contributed by atoms with van der Waals surface area (Å²) in [6, 6.07) is 0.797. The molecule has 0 unspecified atom stereocenters. The van der Waals surface area contributed by atoms with Crippen molar-refractivity contribution < 1.29 is 26.3 Å². The minimum Gasteiger partial charge on any atom is -0.335 e. The first-order chi connectivity index (χ1) is 8.88. The Kier molecular flexibility index (Phi) is 3.32. The van der Waals surface area contributed by atoms with Crippen LogP contribution in [-0.2, 0) is 0 Å². The first-order valence-corrected chi connectivity index (χ1v) is 4.81. The predicted octanol–water partition coefficient (Wildman–Crippen LogP) is 3.66. The number of nitrogens with one attached hydrogen (secondary N) is 1. The van der Waals surface area contributed by atoms with Gasteiger partial charge in [-0.1, -0.05) is 0 Å². The number of nitrogens with zero attached hydrogens (tertiary/aromatic N) is 1. The summed E-state index contributed by atoms with van der Waals surface area (Å²) in [5, 5.41) is 1.90. The third kappa shape index (κ3) is 2.61. The maximum Gasteiger partial charge on any atom is 0.251 e. The van der Waals surface area contributed by atoms with E-state index < -0.39 is 46.5 Å². The Labute approximate surface area is 102 Å². The molecule has 0 aliphatic carbocycles. The van der Waals surface area contributed by atoms with Crippen LogP contribution < -0.4 is 5.32 Å². The second kappa shape index (κ2) is 4.79. The highest BCUT2D eigenvalue weighted by Gasteiger charge is 2.15. The molecule has 0 fully saturated rings. The molecule has 0 saturated carbocycles. The summed E-state index contributed by atoms with van der Waals surface area (Å²) < 4.78 is 77.4. The number of hydrogen-bond donors (Lipinski definition) is 1. The third-order valence-corrected chi connectivity index (χ3v) is 2.15. The van der Waals surface area contributed by atoms with E-state index in [0.29, 0.717) is 6.07 Å². The molecule has 0 saturated heterocycles. The number of pyridine rings is 1. The Morgan fingerprint density at radius 3 is 1.95 bits per heavy atom. The number of benzene rings is 1. The molecule has 2 nitrogen and oxygen atoms in total. The maximum absolute atomic E-state index is 13.2. The smallest absolute Gasteiger partial charge is 0.251 e. The first-order valence-electron chi connectivity index (χ1n) is 4.81. The summed E-state index contributed by atoms with van der Waals surface area (Å²) in [6.45, 7) is 0. The van der Waals surface area contributed by atoms with Gasteiger partial charge in [0.1, 0.15) is 5.82 Å². The summed E-state index contributed by atoms with van der Waals surface area (Å²) in [6.07, 6.45) is 0. The van der Waals surface area contributed by atoms with Crippen LogP contribution in [0.4, 0.5) is 37.8 Å². The molecule has 1 N–H and O–H groups in total. The van der Waals surface area contributed by atoms with Crippen molar-refractivity contribution in [3.05, 3.63) is 53.2 Å². The zero-order chi connectivity index (χ0) is 14.2. The van der Waals surface area contributed by atoms with Crippen LogP contribution in [-0.4, -0.2) is 4.98 Å². The number of hydrogen-bond acceptors (Lipinski definition) is 2. The zero-order valence-electron chi connectivity index (χ0n) is 8.95. The van der Waals surface area contributed by atoms with E-state index in [1.807, 2.05) is 5.32 Å². The number of aromatic nitrogens is 1. The fourth-order valence-electron chi connectivity index (χ4n) is 1.28. The molecule has 1 aromatic carbocycles. The molecule has 0 aliphatic rings. The highest BCUT2D eigenvalue weighted by Crippen LogP contribution is 2.24. The molecule has 1 aromatic heterocycles. The van der Waals surface area contributed by atoms with Gasteiger partial charge in [0, 0.05) is 18.2 Å². The summed E-state index contributed by atoms with van der Waals surface area (Å²) in [7, 11) is 0. The van der Waals surface area contributed by atoms with Crippen LogP contribution >= 0.6 is 0 Å². The van der Waals surface area contributed by atoms with Gasteiger partial charge in [0.15, 0.2) is 29.1 Å². The van der Waals surface area contributed by atoms with Crippen LogP contribution in [0.25, 0.3) is 0 Å². The van der Waals surface area contributed by atoms with Gasteiger partial charge >= 0.3 is 0 Å². The van der Waals surface area contributed by atoms with Gasteiger partial charge < -0.3 is 5.32 Å². The monoisotopic (exact) mass is 278 g/mol. The minimum absolute atomic E-state index is 0.183. The van der Waals surface area contributed by atoms with Gasteiger partial charge in [0.05, 0.1) is 5.69 Å². The van der Waals surface area contributed by atoms with Crippen molar-refractivity contribution in [2.24, 2.45) is 0 Å². The average molecular weight is 278 g/mol. The molecular formula is C11H4F6N2. The molecule has 2 rings (SSSR count). The summed E-state index contributed by atoms with van der Waals surface area (Å²) >= 11 is 0. The van der Waals surface area contributed by atoms with E-state index in [2.05, 4.69) is 4.98 Å². The zero-order valence-corrected chi connectivity index (χ0v) is 8.95. The van der Waals surface area contributed by atoms with Crippen LogP contribution in [0.15, 0.2) is 18.2 Å². The average Bonchev–Trinajstić information content (AvgIpc) is 2.32. The molecule has 100 valence electrons. The molecule has 0 amide bonds. The number of rotatable bonds is 2. The lowest BCUT2D eigenvalue weighted by Crippen LogP contribution is -2.04. The Balaban J connectivity index is 2.42. The summed E-state index contributed by atoms with van der Waals surface area (Å²) in [5.41, 5.74) is -0.670. The molecule has 0 bridgehead atoms. The van der Waals surface area contributed by atoms with E-state index >= 15 is 0 Å². The second-order valence-electron chi connectivity index (χ2n) is 3.46. The van der Waals surface area contributed by atoms with Gasteiger partial charge in [0.25, 0.3) is 5.95 Å². The van der Waals surface area contributed by atoms with E-state index in [1.54, 1.807) is 0 Å². The highest BCUT2D eigenvalue weighted by atomic mass is 19.2. The SMILES string of the molecule is Fc1cc(F)c(Nc2nc(F)c(F)cc2F)cc1F. The Morgan fingerprint density at radius 2 is 1.26 bits per heavy atom. The molecule has 19 heavy (non-hydrogen) atoms. The van der Waals surface area contributed by atoms with Crippen LogP contribution in [0.3, 0.4) is 0 Å². The van der Waals surface area contributed by atoms with Crippen molar-refractivity contribution in [2.75, 3.05) is 5.32 Å². The quantitative estimate of drug-likeness (QED) is 0.515. The topological polar surface area (TPSA) is 24.9 Å². The van der Waals surface area contributed by atoms with E-state index in [1.165, 1.54) is 0 Å². The van der Waals surface area contributed by atoms with Gasteiger partial charge in [-0.25, -0.2) is 22.0 Å². The summed E-state index contributed by atoms with van der Waals surface area (Å²) in [5.74, 6) is -9.41. The van der Waals surface area contributed by atoms with Gasteiger partial charge in [-0.05, 0) is 0 Å². The molecule has 0 aliphatic heterocycles. The normalized spacial score (nSPS) is 10.6. The Hall–Kier alpha value is -2.25. The lowest BCUT2D eigenvalue weighted by atomic mass is 10.2. The van der Waals surface area contributed by atoms with Crippen molar-refractivity contribution >= 4 is 11.5 Å². The van der Waals surface area contributed by atoms with E-state index in [-0.39, 0.29) is 12.1 Å². The van der Waals surface area contributed by atoms with Crippen molar-refractivity contribution in [3.8, 4) is 0 Å². The molecule has 2 aromatic rings. The highest BCUT2D eigenvalue weighted by molar-refractivity contribution is 5.57. The van der Waals surface area contributed by atoms with Gasteiger partial charge in [-0.2, -0.15) is 9.37 Å². The lowest BCUT2D eigenvalue weighted by Gasteiger charge is -2.08. The van der Waals surface area contributed by atoms with Crippen molar-refractivity contribution in [2.45, 2.75) is 0 Å². The van der Waals surface area contributed by atoms with Crippen molar-refractivity contribution in [1.29, 1.82) is 0 Å². The van der Waals surface area contributed by atoms with Crippen molar-refractivity contribution in [1.82, 2.24) is 4.98 Å². The van der Waals surface area contributed by atoms with E-state index in [4.69, 9.17) is 0 Å². The van der Waals surface area contributed by atoms with E-state index in [9.17, 15) is 26.3 Å². The first kappa shape index (κ1) is 13.2. The van der Waals surface area contributed by atoms with Crippen LogP contribution in [0.5, 0.6) is 0 Å². The third-order valence-electron chi connectivity index (χ3n) is 2.15. The minimum atomic E-state index is -1.62. The number of halogens is 6. The molecule has 0 atom stereocenters. The second-order valence-corrected chi connectivity index (χ2v) is 3.46. The summed E-state index contributed by atoms with van der Waals surface area (Å²) in [4.78, 5) is 2.85. The molecule has 8 heteroatoms. The predicted molar refractivity (Wildman–Crippen MR) is 53.7 cm³/mol. The molecular weight excluding hydrogens is 274 g/mol. The number of anilines is 2. The molecule has 0 spiro atoms. The Morgan fingerprint density at radius 1 is 0.684 bits per heavy atom. The fraction of sp³-hybridized carbons (Fsp3) is 0. The van der Waals surface area contributed by atoms with Gasteiger partial charge in [-0.3, -0.25) is 0 Å². The molecule has 1 heterocycles. The van der Waals surface area contributed by atoms with E-state index in [0.717, 1.165) is 0 Å². The largest absolute Gasteiger partial charge is 0.335 e. The van der Waals surface area contributed by atoms with Gasteiger partial charge in [-0.15, -0.1) is 0 Å². The Bertz CT molecular complexity index is 588. The molecule has 0 radical (unpaired) electrons. The maximum atomic E-state index is 13.2.